The molecule has 3 heterocycles. The summed E-state index contributed by atoms with van der Waals surface area (Å²) in [5.41, 5.74) is 3.74. The van der Waals surface area contributed by atoms with Crippen LogP contribution in [0.15, 0.2) is 23.5 Å². The third-order valence-corrected chi connectivity index (χ3v) is 5.57. The largest absolute Gasteiger partial charge is 0.498 e. The van der Waals surface area contributed by atoms with Gasteiger partial charge in [0, 0.05) is 25.0 Å². The fourth-order valence-corrected chi connectivity index (χ4v) is 4.64. The van der Waals surface area contributed by atoms with E-state index >= 15 is 0 Å². The van der Waals surface area contributed by atoms with Crippen molar-refractivity contribution in [2.24, 2.45) is 0 Å². The van der Waals surface area contributed by atoms with E-state index in [0.29, 0.717) is 0 Å². The average Bonchev–Trinajstić information content (AvgIpc) is 3.16. The Labute approximate surface area is 129 Å². The standard InChI is InChI=1S/C17H19NO4/c1-20-17-10-3-5-18-4-2-9-6-12-13(22-8-21-12)7-11(9)14(15(10)18)16(17)19/h6-7,14-16,19H,2-5,8H2,1H3/t14-,15-,16-/m0/s1. The number of hydrogen-bond donors (Lipinski definition) is 1. The van der Waals surface area contributed by atoms with Crippen LogP contribution in [0.1, 0.15) is 23.5 Å². The van der Waals surface area contributed by atoms with Gasteiger partial charge in [-0.15, -0.1) is 0 Å². The maximum absolute atomic E-state index is 10.8. The van der Waals surface area contributed by atoms with Gasteiger partial charge >= 0.3 is 0 Å². The molecule has 0 radical (unpaired) electrons. The first-order valence-electron chi connectivity index (χ1n) is 7.89. The molecule has 1 fully saturated rings. The van der Waals surface area contributed by atoms with Crippen molar-refractivity contribution < 1.29 is 19.3 Å². The molecule has 0 unspecified atom stereocenters. The van der Waals surface area contributed by atoms with E-state index in [9.17, 15) is 5.11 Å². The van der Waals surface area contributed by atoms with Crippen LogP contribution < -0.4 is 9.47 Å². The SMILES string of the molecule is COC1=C2CCN3CCc4cc5c(cc4[C@H]([C@@H]1O)[C@H]23)OCO5. The van der Waals surface area contributed by atoms with Crippen molar-refractivity contribution in [2.75, 3.05) is 27.0 Å². The number of fused-ring (bicyclic) bond motifs is 3. The van der Waals surface area contributed by atoms with Crippen LogP contribution in [-0.4, -0.2) is 49.1 Å². The van der Waals surface area contributed by atoms with Crippen LogP contribution in [-0.2, 0) is 11.2 Å². The van der Waals surface area contributed by atoms with Crippen LogP contribution in [0, 0.1) is 0 Å². The molecule has 22 heavy (non-hydrogen) atoms. The third kappa shape index (κ3) is 1.50. The van der Waals surface area contributed by atoms with E-state index < -0.39 is 6.10 Å². The summed E-state index contributed by atoms with van der Waals surface area (Å²) in [5, 5.41) is 10.8. The number of aliphatic hydroxyl groups excluding tert-OH is 1. The number of rotatable bonds is 1. The monoisotopic (exact) mass is 301 g/mol. The Morgan fingerprint density at radius 2 is 1.95 bits per heavy atom. The molecule has 0 spiro atoms. The second-order valence-electron chi connectivity index (χ2n) is 6.45. The van der Waals surface area contributed by atoms with Crippen molar-refractivity contribution in [3.63, 3.8) is 0 Å². The number of methoxy groups -OCH3 is 1. The molecule has 0 aromatic heterocycles. The van der Waals surface area contributed by atoms with Gasteiger partial charge in [0.25, 0.3) is 0 Å². The number of hydrogen-bond acceptors (Lipinski definition) is 5. The molecule has 5 heteroatoms. The Bertz CT molecular complexity index is 683. The first-order valence-corrected chi connectivity index (χ1v) is 7.89. The molecular weight excluding hydrogens is 282 g/mol. The van der Waals surface area contributed by atoms with E-state index in [4.69, 9.17) is 14.2 Å². The van der Waals surface area contributed by atoms with Crippen molar-refractivity contribution in [1.29, 1.82) is 0 Å². The van der Waals surface area contributed by atoms with Gasteiger partial charge in [0.15, 0.2) is 11.5 Å². The van der Waals surface area contributed by atoms with Crippen LogP contribution in [0.4, 0.5) is 0 Å². The number of nitrogens with zero attached hydrogens (tertiary/aromatic N) is 1. The maximum Gasteiger partial charge on any atom is 0.231 e. The van der Waals surface area contributed by atoms with Gasteiger partial charge in [0.2, 0.25) is 6.79 Å². The fourth-order valence-electron chi connectivity index (χ4n) is 4.64. The second-order valence-corrected chi connectivity index (χ2v) is 6.45. The minimum absolute atomic E-state index is 0.0412. The molecule has 0 saturated carbocycles. The zero-order valence-electron chi connectivity index (χ0n) is 12.5. The van der Waals surface area contributed by atoms with Gasteiger partial charge in [-0.3, -0.25) is 4.90 Å². The van der Waals surface area contributed by atoms with Crippen molar-refractivity contribution in [1.82, 2.24) is 4.90 Å². The van der Waals surface area contributed by atoms with Crippen molar-refractivity contribution in [2.45, 2.75) is 30.9 Å². The molecule has 3 aliphatic heterocycles. The van der Waals surface area contributed by atoms with Crippen LogP contribution in [0.5, 0.6) is 11.5 Å². The highest BCUT2D eigenvalue weighted by molar-refractivity contribution is 5.54. The quantitative estimate of drug-likeness (QED) is 0.850. The molecule has 1 aromatic rings. The predicted molar refractivity (Wildman–Crippen MR) is 79.0 cm³/mol. The Balaban J connectivity index is 1.68. The zero-order chi connectivity index (χ0) is 14.8. The molecule has 5 nitrogen and oxygen atoms in total. The summed E-state index contributed by atoms with van der Waals surface area (Å²) in [6.45, 7) is 2.35. The molecule has 5 rings (SSSR count). The lowest BCUT2D eigenvalue weighted by atomic mass is 9.87. The highest BCUT2D eigenvalue weighted by Crippen LogP contribution is 2.51. The Hall–Kier alpha value is -1.72. The van der Waals surface area contributed by atoms with Gasteiger partial charge in [0.05, 0.1) is 7.11 Å². The van der Waals surface area contributed by atoms with Crippen molar-refractivity contribution in [3.8, 4) is 11.5 Å². The van der Waals surface area contributed by atoms with Gasteiger partial charge in [-0.2, -0.15) is 0 Å². The van der Waals surface area contributed by atoms with Crippen LogP contribution in [0.25, 0.3) is 0 Å². The lowest BCUT2D eigenvalue weighted by molar-refractivity contribution is 0.101. The lowest BCUT2D eigenvalue weighted by Crippen LogP contribution is -2.35. The minimum Gasteiger partial charge on any atom is -0.498 e. The van der Waals surface area contributed by atoms with Gasteiger partial charge in [0.1, 0.15) is 11.9 Å². The van der Waals surface area contributed by atoms with E-state index in [2.05, 4.69) is 17.0 Å². The smallest absolute Gasteiger partial charge is 0.231 e. The maximum atomic E-state index is 10.8. The Morgan fingerprint density at radius 3 is 2.77 bits per heavy atom. The van der Waals surface area contributed by atoms with Crippen LogP contribution in [0.2, 0.25) is 0 Å². The van der Waals surface area contributed by atoms with Crippen LogP contribution in [0.3, 0.4) is 0 Å². The van der Waals surface area contributed by atoms with Crippen LogP contribution >= 0.6 is 0 Å². The number of ether oxygens (including phenoxy) is 3. The second kappa shape index (κ2) is 4.40. The fraction of sp³-hybridized carbons (Fsp3) is 0.529. The average molecular weight is 301 g/mol. The van der Waals surface area contributed by atoms with E-state index in [-0.39, 0.29) is 18.8 Å². The minimum atomic E-state index is -0.565. The van der Waals surface area contributed by atoms with Crippen molar-refractivity contribution >= 4 is 0 Å². The molecule has 4 aliphatic rings. The molecule has 0 amide bonds. The highest BCUT2D eigenvalue weighted by Gasteiger charge is 2.51. The van der Waals surface area contributed by atoms with E-state index in [1.54, 1.807) is 7.11 Å². The van der Waals surface area contributed by atoms with E-state index in [1.807, 2.05) is 0 Å². The summed E-state index contributed by atoms with van der Waals surface area (Å²) in [5.74, 6) is 2.45. The predicted octanol–water partition coefficient (Wildman–Crippen LogP) is 1.40. The summed E-state index contributed by atoms with van der Waals surface area (Å²) >= 11 is 0. The normalized spacial score (nSPS) is 32.0. The highest BCUT2D eigenvalue weighted by atomic mass is 16.7. The first-order chi connectivity index (χ1) is 10.8. The summed E-state index contributed by atoms with van der Waals surface area (Å²) in [6.07, 6.45) is 1.42. The Morgan fingerprint density at radius 1 is 1.18 bits per heavy atom. The summed E-state index contributed by atoms with van der Waals surface area (Å²) in [6, 6.07) is 4.44. The molecule has 1 aromatic carbocycles. The van der Waals surface area contributed by atoms with Gasteiger partial charge < -0.3 is 19.3 Å². The molecule has 0 bridgehead atoms. The third-order valence-electron chi connectivity index (χ3n) is 5.57. The molecular formula is C17H19NO4. The van der Waals surface area contributed by atoms with E-state index in [0.717, 1.165) is 43.2 Å². The number of aliphatic hydroxyl groups is 1. The van der Waals surface area contributed by atoms with Gasteiger partial charge in [-0.1, -0.05) is 0 Å². The van der Waals surface area contributed by atoms with Gasteiger partial charge in [-0.05, 0) is 41.7 Å². The van der Waals surface area contributed by atoms with Gasteiger partial charge in [-0.25, -0.2) is 0 Å². The molecule has 1 N–H and O–H groups in total. The zero-order valence-corrected chi connectivity index (χ0v) is 12.5. The summed E-state index contributed by atoms with van der Waals surface area (Å²) in [7, 11) is 1.67. The topological polar surface area (TPSA) is 51.2 Å². The first kappa shape index (κ1) is 12.8. The lowest BCUT2D eigenvalue weighted by Gasteiger charge is -2.27. The molecule has 3 atom stereocenters. The molecule has 116 valence electrons. The van der Waals surface area contributed by atoms with Crippen molar-refractivity contribution in [3.05, 3.63) is 34.6 Å². The van der Waals surface area contributed by atoms with E-state index in [1.165, 1.54) is 16.7 Å². The Kier molecular flexibility index (Phi) is 2.56. The summed E-state index contributed by atoms with van der Waals surface area (Å²) in [4.78, 5) is 2.49. The number of benzene rings is 1. The molecule has 1 aliphatic carbocycles. The summed E-state index contributed by atoms with van der Waals surface area (Å²) < 4.78 is 16.6. The molecule has 1 saturated heterocycles.